The van der Waals surface area contributed by atoms with Crippen LogP contribution in [0.25, 0.3) is 0 Å². The van der Waals surface area contributed by atoms with Crippen molar-refractivity contribution in [2.75, 3.05) is 12.4 Å². The van der Waals surface area contributed by atoms with E-state index in [0.717, 1.165) is 16.7 Å². The molecule has 3 nitrogen and oxygen atoms in total. The molecule has 0 heterocycles. The second kappa shape index (κ2) is 6.39. The third-order valence-corrected chi connectivity index (χ3v) is 3.19. The molecule has 1 N–H and O–H groups in total. The number of aryl methyl sites for hydroxylation is 2. The number of carbonyl (C=O) groups is 1. The molecule has 0 saturated heterocycles. The number of carbonyl (C=O) groups excluding carboxylic acids is 1. The van der Waals surface area contributed by atoms with Gasteiger partial charge in [0.25, 0.3) is 0 Å². The normalized spacial score (nSPS) is 10.3. The number of anilines is 1. The Labute approximate surface area is 123 Å². The monoisotopic (exact) mass is 287 g/mol. The quantitative estimate of drug-likeness (QED) is 0.932. The van der Waals surface area contributed by atoms with E-state index in [1.165, 1.54) is 6.07 Å². The van der Waals surface area contributed by atoms with E-state index in [4.69, 9.17) is 4.74 Å². The lowest BCUT2D eigenvalue weighted by Gasteiger charge is -2.10. The van der Waals surface area contributed by atoms with Gasteiger partial charge in [0.1, 0.15) is 11.6 Å². The standard InChI is InChI=1S/C17H18FNO2/c1-11-5-7-16(21-3)13(8-11)10-17(20)19-15-6-4-12(2)9-14(15)18/h4-9H,10H2,1-3H3,(H,19,20). The first-order valence-electron chi connectivity index (χ1n) is 6.69. The third-order valence-electron chi connectivity index (χ3n) is 3.19. The molecule has 1 amide bonds. The number of halogens is 1. The molecule has 21 heavy (non-hydrogen) atoms. The molecule has 2 aromatic rings. The highest BCUT2D eigenvalue weighted by Crippen LogP contribution is 2.21. The summed E-state index contributed by atoms with van der Waals surface area (Å²) in [5.74, 6) is -0.0543. The maximum absolute atomic E-state index is 13.7. The highest BCUT2D eigenvalue weighted by Gasteiger charge is 2.11. The molecule has 2 aromatic carbocycles. The molecule has 0 fully saturated rings. The van der Waals surface area contributed by atoms with Crippen LogP contribution < -0.4 is 10.1 Å². The van der Waals surface area contributed by atoms with Crippen LogP contribution in [0.5, 0.6) is 5.75 Å². The number of amides is 1. The van der Waals surface area contributed by atoms with Crippen molar-refractivity contribution in [2.24, 2.45) is 0 Å². The van der Waals surface area contributed by atoms with Crippen molar-refractivity contribution >= 4 is 11.6 Å². The number of ether oxygens (including phenoxy) is 1. The molecule has 0 unspecified atom stereocenters. The Morgan fingerprint density at radius 3 is 2.48 bits per heavy atom. The van der Waals surface area contributed by atoms with Crippen LogP contribution in [0.2, 0.25) is 0 Å². The Morgan fingerprint density at radius 2 is 1.81 bits per heavy atom. The molecule has 0 bridgehead atoms. The van der Waals surface area contributed by atoms with E-state index in [9.17, 15) is 9.18 Å². The van der Waals surface area contributed by atoms with Crippen molar-refractivity contribution in [3.63, 3.8) is 0 Å². The van der Waals surface area contributed by atoms with Crippen LogP contribution in [0, 0.1) is 19.7 Å². The number of hydrogen-bond acceptors (Lipinski definition) is 2. The van der Waals surface area contributed by atoms with E-state index in [0.29, 0.717) is 5.75 Å². The van der Waals surface area contributed by atoms with Crippen molar-refractivity contribution in [2.45, 2.75) is 20.3 Å². The lowest BCUT2D eigenvalue weighted by Crippen LogP contribution is -2.16. The van der Waals surface area contributed by atoms with Gasteiger partial charge in [0.2, 0.25) is 5.91 Å². The summed E-state index contributed by atoms with van der Waals surface area (Å²) in [6.45, 7) is 3.74. The molecule has 110 valence electrons. The van der Waals surface area contributed by atoms with Gasteiger partial charge in [-0.2, -0.15) is 0 Å². The fraction of sp³-hybridized carbons (Fsp3) is 0.235. The zero-order valence-corrected chi connectivity index (χ0v) is 12.4. The van der Waals surface area contributed by atoms with Gasteiger partial charge < -0.3 is 10.1 Å². The zero-order chi connectivity index (χ0) is 15.4. The van der Waals surface area contributed by atoms with Crippen LogP contribution in [-0.2, 0) is 11.2 Å². The van der Waals surface area contributed by atoms with Gasteiger partial charge in [0.15, 0.2) is 0 Å². The maximum Gasteiger partial charge on any atom is 0.229 e. The summed E-state index contributed by atoms with van der Waals surface area (Å²) in [5.41, 5.74) is 2.82. The number of methoxy groups -OCH3 is 1. The Hall–Kier alpha value is -2.36. The zero-order valence-electron chi connectivity index (χ0n) is 12.4. The topological polar surface area (TPSA) is 38.3 Å². The molecule has 0 aliphatic heterocycles. The first-order chi connectivity index (χ1) is 9.99. The van der Waals surface area contributed by atoms with E-state index < -0.39 is 5.82 Å². The molecule has 0 radical (unpaired) electrons. The van der Waals surface area contributed by atoms with Gasteiger partial charge in [-0.15, -0.1) is 0 Å². The molecular formula is C17H18FNO2. The Morgan fingerprint density at radius 1 is 1.14 bits per heavy atom. The fourth-order valence-electron chi connectivity index (χ4n) is 2.13. The van der Waals surface area contributed by atoms with Gasteiger partial charge in [-0.3, -0.25) is 4.79 Å². The van der Waals surface area contributed by atoms with Crippen LogP contribution in [0.15, 0.2) is 36.4 Å². The molecule has 2 rings (SSSR count). The van der Waals surface area contributed by atoms with Crippen LogP contribution >= 0.6 is 0 Å². The van der Waals surface area contributed by atoms with Crippen LogP contribution in [0.1, 0.15) is 16.7 Å². The number of nitrogens with one attached hydrogen (secondary N) is 1. The first-order valence-corrected chi connectivity index (χ1v) is 6.69. The molecular weight excluding hydrogens is 269 g/mol. The Balaban J connectivity index is 2.13. The molecule has 0 aliphatic rings. The van der Waals surface area contributed by atoms with Crippen LogP contribution in [0.4, 0.5) is 10.1 Å². The van der Waals surface area contributed by atoms with Gasteiger partial charge in [-0.1, -0.05) is 23.8 Å². The van der Waals surface area contributed by atoms with E-state index in [1.54, 1.807) is 26.2 Å². The summed E-state index contributed by atoms with van der Waals surface area (Å²) < 4.78 is 19.0. The Bertz CT molecular complexity index is 668. The summed E-state index contributed by atoms with van der Waals surface area (Å²) in [7, 11) is 1.56. The van der Waals surface area contributed by atoms with Crippen LogP contribution in [-0.4, -0.2) is 13.0 Å². The van der Waals surface area contributed by atoms with Gasteiger partial charge in [0, 0.05) is 5.56 Å². The molecule has 0 aromatic heterocycles. The van der Waals surface area contributed by atoms with E-state index >= 15 is 0 Å². The second-order valence-electron chi connectivity index (χ2n) is 5.02. The maximum atomic E-state index is 13.7. The smallest absolute Gasteiger partial charge is 0.229 e. The third kappa shape index (κ3) is 3.81. The number of rotatable bonds is 4. The Kier molecular flexibility index (Phi) is 4.58. The van der Waals surface area contributed by atoms with Crippen LogP contribution in [0.3, 0.4) is 0 Å². The summed E-state index contributed by atoms with van der Waals surface area (Å²) in [4.78, 5) is 12.1. The molecule has 0 saturated carbocycles. The van der Waals surface area contributed by atoms with E-state index in [-0.39, 0.29) is 18.0 Å². The number of hydrogen-bond donors (Lipinski definition) is 1. The first kappa shape index (κ1) is 15.0. The predicted molar refractivity (Wildman–Crippen MR) is 81.2 cm³/mol. The average molecular weight is 287 g/mol. The second-order valence-corrected chi connectivity index (χ2v) is 5.02. The largest absolute Gasteiger partial charge is 0.496 e. The van der Waals surface area contributed by atoms with Crippen molar-refractivity contribution in [1.29, 1.82) is 0 Å². The van der Waals surface area contributed by atoms with Crippen molar-refractivity contribution in [1.82, 2.24) is 0 Å². The predicted octanol–water partition coefficient (Wildman–Crippen LogP) is 3.63. The average Bonchev–Trinajstić information content (AvgIpc) is 2.42. The summed E-state index contributed by atoms with van der Waals surface area (Å²) in [6, 6.07) is 10.3. The minimum absolute atomic E-state index is 0.137. The summed E-state index contributed by atoms with van der Waals surface area (Å²) in [6.07, 6.45) is 0.137. The minimum Gasteiger partial charge on any atom is -0.496 e. The van der Waals surface area contributed by atoms with Gasteiger partial charge >= 0.3 is 0 Å². The van der Waals surface area contributed by atoms with Crippen molar-refractivity contribution in [3.05, 3.63) is 58.9 Å². The van der Waals surface area contributed by atoms with E-state index in [1.807, 2.05) is 25.1 Å². The van der Waals surface area contributed by atoms with Gasteiger partial charge in [0.05, 0.1) is 19.2 Å². The molecule has 4 heteroatoms. The lowest BCUT2D eigenvalue weighted by atomic mass is 10.1. The van der Waals surface area contributed by atoms with Gasteiger partial charge in [-0.05, 0) is 37.6 Å². The van der Waals surface area contributed by atoms with E-state index in [2.05, 4.69) is 5.32 Å². The summed E-state index contributed by atoms with van der Waals surface area (Å²) >= 11 is 0. The highest BCUT2D eigenvalue weighted by atomic mass is 19.1. The SMILES string of the molecule is COc1ccc(C)cc1CC(=O)Nc1ccc(C)cc1F. The summed E-state index contributed by atoms with van der Waals surface area (Å²) in [5, 5.41) is 2.59. The van der Waals surface area contributed by atoms with Crippen molar-refractivity contribution < 1.29 is 13.9 Å². The molecule has 0 aliphatic carbocycles. The molecule has 0 atom stereocenters. The fourth-order valence-corrected chi connectivity index (χ4v) is 2.13. The lowest BCUT2D eigenvalue weighted by molar-refractivity contribution is -0.115. The highest BCUT2D eigenvalue weighted by molar-refractivity contribution is 5.92. The minimum atomic E-state index is -0.431. The molecule has 0 spiro atoms. The van der Waals surface area contributed by atoms with Crippen molar-refractivity contribution in [3.8, 4) is 5.75 Å². The number of benzene rings is 2. The van der Waals surface area contributed by atoms with Gasteiger partial charge in [-0.25, -0.2) is 4.39 Å².